The van der Waals surface area contributed by atoms with E-state index in [0.29, 0.717) is 18.8 Å². The van der Waals surface area contributed by atoms with Crippen molar-refractivity contribution >= 4 is 41.7 Å². The average Bonchev–Trinajstić information content (AvgIpc) is 3.08. The van der Waals surface area contributed by atoms with E-state index in [2.05, 4.69) is 30.5 Å². The molecule has 0 aliphatic heterocycles. The molecule has 2 rings (SSSR count). The van der Waals surface area contributed by atoms with E-state index in [9.17, 15) is 4.79 Å². The first-order chi connectivity index (χ1) is 12.2. The summed E-state index contributed by atoms with van der Waals surface area (Å²) in [7, 11) is 0. The lowest BCUT2D eigenvalue weighted by atomic mass is 10.3. The maximum atomic E-state index is 12.0. The van der Waals surface area contributed by atoms with Crippen LogP contribution in [0.15, 0.2) is 47.7 Å². The molecule has 26 heavy (non-hydrogen) atoms. The molecule has 0 spiro atoms. The van der Waals surface area contributed by atoms with Crippen LogP contribution in [0.1, 0.15) is 19.0 Å². The normalized spacial score (nSPS) is 10.8. The van der Waals surface area contributed by atoms with Crippen molar-refractivity contribution in [3.8, 4) is 0 Å². The third-order valence-electron chi connectivity index (χ3n) is 3.44. The topological polar surface area (TPSA) is 83.3 Å². The Kier molecular flexibility index (Phi) is 10.4. The summed E-state index contributed by atoms with van der Waals surface area (Å²) in [5, 5.41) is 9.23. The van der Waals surface area contributed by atoms with Crippen LogP contribution in [0.3, 0.4) is 0 Å². The molecule has 2 aromatic rings. The second-order valence-corrected chi connectivity index (χ2v) is 5.57. The van der Waals surface area contributed by atoms with Crippen molar-refractivity contribution in [1.82, 2.24) is 20.2 Å². The molecular weight excluding hydrogens is 443 g/mol. The first-order valence-electron chi connectivity index (χ1n) is 8.54. The zero-order chi connectivity index (χ0) is 17.9. The summed E-state index contributed by atoms with van der Waals surface area (Å²) in [5.74, 6) is 1.20. The number of guanidine groups is 1. The molecule has 2 aromatic heterocycles. The summed E-state index contributed by atoms with van der Waals surface area (Å²) in [6.45, 7) is 6.71. The summed E-state index contributed by atoms with van der Waals surface area (Å²) < 4.78 is 2.10. The van der Waals surface area contributed by atoms with Crippen molar-refractivity contribution in [3.05, 3.63) is 48.4 Å². The lowest BCUT2D eigenvalue weighted by molar-refractivity contribution is -0.116. The van der Waals surface area contributed by atoms with Crippen molar-refractivity contribution in [2.45, 2.75) is 26.8 Å². The van der Waals surface area contributed by atoms with Crippen LogP contribution in [0.25, 0.3) is 0 Å². The minimum atomic E-state index is -0.0926. The van der Waals surface area contributed by atoms with E-state index in [4.69, 9.17) is 0 Å². The number of aromatic nitrogens is 2. The van der Waals surface area contributed by atoms with Gasteiger partial charge < -0.3 is 20.5 Å². The number of aryl methyl sites for hydroxylation is 1. The highest BCUT2D eigenvalue weighted by molar-refractivity contribution is 14.0. The molecule has 0 fully saturated rings. The summed E-state index contributed by atoms with van der Waals surface area (Å²) in [4.78, 5) is 20.7. The zero-order valence-corrected chi connectivity index (χ0v) is 17.6. The SMILES string of the molecule is CCNC(=NCCC(=O)Nc1cccc(C)n1)NCCn1cccc1.I. The standard InChI is InChI=1S/C18H26N6O.HI/c1-3-19-18(21-11-14-24-12-4-5-13-24)20-10-9-17(25)23-16-8-6-7-15(2)22-16;/h4-8,12-13H,3,9-11,14H2,1-2H3,(H2,19,20,21)(H,22,23,25);1H. The molecule has 0 atom stereocenters. The molecule has 0 aromatic carbocycles. The number of anilines is 1. The molecule has 0 radical (unpaired) electrons. The lowest BCUT2D eigenvalue weighted by Gasteiger charge is -2.11. The van der Waals surface area contributed by atoms with Gasteiger partial charge in [0.05, 0.1) is 6.54 Å². The van der Waals surface area contributed by atoms with Gasteiger partial charge in [0, 0.05) is 44.1 Å². The van der Waals surface area contributed by atoms with E-state index in [-0.39, 0.29) is 29.9 Å². The zero-order valence-electron chi connectivity index (χ0n) is 15.2. The summed E-state index contributed by atoms with van der Waals surface area (Å²) in [6.07, 6.45) is 4.36. The highest BCUT2D eigenvalue weighted by Gasteiger charge is 2.04. The molecule has 7 nitrogen and oxygen atoms in total. The maximum Gasteiger partial charge on any atom is 0.227 e. The van der Waals surface area contributed by atoms with E-state index in [1.165, 1.54) is 0 Å². The fourth-order valence-corrected chi connectivity index (χ4v) is 2.25. The minimum Gasteiger partial charge on any atom is -0.357 e. The van der Waals surface area contributed by atoms with Crippen LogP contribution in [0.4, 0.5) is 5.82 Å². The number of nitrogens with one attached hydrogen (secondary N) is 3. The molecule has 8 heteroatoms. The van der Waals surface area contributed by atoms with Crippen LogP contribution in [0, 0.1) is 6.92 Å². The van der Waals surface area contributed by atoms with Gasteiger partial charge in [0.2, 0.25) is 5.91 Å². The summed E-state index contributed by atoms with van der Waals surface area (Å²) in [6, 6.07) is 9.54. The third-order valence-corrected chi connectivity index (χ3v) is 3.44. The summed E-state index contributed by atoms with van der Waals surface area (Å²) in [5.41, 5.74) is 0.872. The first-order valence-corrected chi connectivity index (χ1v) is 8.54. The van der Waals surface area contributed by atoms with E-state index < -0.39 is 0 Å². The van der Waals surface area contributed by atoms with Crippen molar-refractivity contribution in [2.75, 3.05) is 25.0 Å². The predicted molar refractivity (Wildman–Crippen MR) is 116 cm³/mol. The smallest absolute Gasteiger partial charge is 0.227 e. The molecule has 0 unspecified atom stereocenters. The molecular formula is C18H27IN6O. The summed E-state index contributed by atoms with van der Waals surface area (Å²) >= 11 is 0. The monoisotopic (exact) mass is 470 g/mol. The molecule has 0 bridgehead atoms. The Morgan fingerprint density at radius 3 is 2.65 bits per heavy atom. The Morgan fingerprint density at radius 1 is 1.19 bits per heavy atom. The molecule has 2 heterocycles. The van der Waals surface area contributed by atoms with Gasteiger partial charge in [-0.05, 0) is 38.1 Å². The fourth-order valence-electron chi connectivity index (χ4n) is 2.25. The molecule has 1 amide bonds. The van der Waals surface area contributed by atoms with Gasteiger partial charge in [-0.2, -0.15) is 0 Å². The number of aliphatic imine (C=N–C) groups is 1. The van der Waals surface area contributed by atoms with Crippen molar-refractivity contribution in [1.29, 1.82) is 0 Å². The molecule has 0 saturated carbocycles. The van der Waals surface area contributed by atoms with E-state index in [1.54, 1.807) is 6.07 Å². The van der Waals surface area contributed by atoms with E-state index in [1.807, 2.05) is 50.5 Å². The number of nitrogens with zero attached hydrogens (tertiary/aromatic N) is 3. The Balaban J connectivity index is 0.00000338. The number of hydrogen-bond acceptors (Lipinski definition) is 3. The number of amides is 1. The van der Waals surface area contributed by atoms with Crippen molar-refractivity contribution < 1.29 is 4.79 Å². The van der Waals surface area contributed by atoms with Crippen LogP contribution in [0.5, 0.6) is 0 Å². The van der Waals surface area contributed by atoms with Crippen LogP contribution in [-0.4, -0.2) is 41.1 Å². The fraction of sp³-hybridized carbons (Fsp3) is 0.389. The van der Waals surface area contributed by atoms with Gasteiger partial charge in [-0.1, -0.05) is 6.07 Å². The lowest BCUT2D eigenvalue weighted by Crippen LogP contribution is -2.39. The van der Waals surface area contributed by atoms with Gasteiger partial charge in [0.1, 0.15) is 5.82 Å². The molecule has 0 aliphatic carbocycles. The van der Waals surface area contributed by atoms with Crippen LogP contribution >= 0.6 is 24.0 Å². The maximum absolute atomic E-state index is 12.0. The van der Waals surface area contributed by atoms with E-state index >= 15 is 0 Å². The van der Waals surface area contributed by atoms with Gasteiger partial charge in [-0.15, -0.1) is 24.0 Å². The molecule has 0 aliphatic rings. The highest BCUT2D eigenvalue weighted by atomic mass is 127. The van der Waals surface area contributed by atoms with Crippen LogP contribution in [-0.2, 0) is 11.3 Å². The molecule has 0 saturated heterocycles. The van der Waals surface area contributed by atoms with Gasteiger partial charge in [0.25, 0.3) is 0 Å². The Morgan fingerprint density at radius 2 is 1.96 bits per heavy atom. The molecule has 3 N–H and O–H groups in total. The predicted octanol–water partition coefficient (Wildman–Crippen LogP) is 2.39. The van der Waals surface area contributed by atoms with Crippen molar-refractivity contribution in [2.24, 2.45) is 4.99 Å². The van der Waals surface area contributed by atoms with Gasteiger partial charge in [-0.3, -0.25) is 9.79 Å². The quantitative estimate of drug-likeness (QED) is 0.315. The Hall–Kier alpha value is -2.10. The third kappa shape index (κ3) is 8.32. The number of rotatable bonds is 8. The largest absolute Gasteiger partial charge is 0.357 e. The Bertz CT molecular complexity index is 687. The first kappa shape index (κ1) is 21.9. The van der Waals surface area contributed by atoms with Gasteiger partial charge in [-0.25, -0.2) is 4.98 Å². The van der Waals surface area contributed by atoms with Gasteiger partial charge >= 0.3 is 0 Å². The minimum absolute atomic E-state index is 0. The second-order valence-electron chi connectivity index (χ2n) is 5.57. The van der Waals surface area contributed by atoms with Crippen LogP contribution in [0.2, 0.25) is 0 Å². The molecule has 142 valence electrons. The number of hydrogen-bond donors (Lipinski definition) is 3. The highest BCUT2D eigenvalue weighted by Crippen LogP contribution is 2.04. The van der Waals surface area contributed by atoms with Gasteiger partial charge in [0.15, 0.2) is 5.96 Å². The van der Waals surface area contributed by atoms with Crippen molar-refractivity contribution in [3.63, 3.8) is 0 Å². The number of pyridine rings is 1. The Labute approximate surface area is 171 Å². The average molecular weight is 470 g/mol. The van der Waals surface area contributed by atoms with Crippen LogP contribution < -0.4 is 16.0 Å². The number of carbonyl (C=O) groups excluding carboxylic acids is 1. The van der Waals surface area contributed by atoms with E-state index in [0.717, 1.165) is 31.3 Å². The number of halogens is 1. The second kappa shape index (κ2) is 12.3. The number of carbonyl (C=O) groups is 1.